The van der Waals surface area contributed by atoms with E-state index in [1.54, 1.807) is 24.4 Å². The molecule has 3 aromatic rings. The molecule has 8 nitrogen and oxygen atoms in total. The Kier molecular flexibility index (Phi) is 8.48. The first-order valence-electron chi connectivity index (χ1n) is 13.3. The van der Waals surface area contributed by atoms with E-state index in [0.29, 0.717) is 55.7 Å². The smallest absolute Gasteiger partial charge is 0.255 e. The van der Waals surface area contributed by atoms with Crippen molar-refractivity contribution in [2.75, 3.05) is 56.3 Å². The van der Waals surface area contributed by atoms with Crippen molar-refractivity contribution >= 4 is 23.2 Å². The predicted molar refractivity (Wildman–Crippen MR) is 148 cm³/mol. The fourth-order valence-corrected chi connectivity index (χ4v) is 4.90. The normalized spacial score (nSPS) is 16.1. The molecule has 5 rings (SSSR count). The molecule has 0 bridgehead atoms. The van der Waals surface area contributed by atoms with E-state index in [1.165, 1.54) is 12.1 Å². The lowest BCUT2D eigenvalue weighted by atomic mass is 10.00. The number of hydrogen-bond donors (Lipinski definition) is 2. The molecule has 1 aromatic heterocycles. The van der Waals surface area contributed by atoms with Gasteiger partial charge in [-0.2, -0.15) is 0 Å². The summed E-state index contributed by atoms with van der Waals surface area (Å²) in [6, 6.07) is 13.5. The number of morpholine rings is 1. The molecule has 2 aliphatic rings. The summed E-state index contributed by atoms with van der Waals surface area (Å²) < 4.78 is 25.1. The summed E-state index contributed by atoms with van der Waals surface area (Å²) in [6.45, 7) is 6.46. The number of carbonyl (C=O) groups is 2. The van der Waals surface area contributed by atoms with Crippen LogP contribution < -0.4 is 15.5 Å². The van der Waals surface area contributed by atoms with Crippen molar-refractivity contribution < 1.29 is 23.5 Å². The molecule has 2 N–H and O–H groups in total. The number of rotatable bonds is 7. The van der Waals surface area contributed by atoms with Crippen LogP contribution in [0.2, 0.25) is 0 Å². The van der Waals surface area contributed by atoms with Gasteiger partial charge in [-0.3, -0.25) is 14.6 Å². The molecule has 9 heteroatoms. The number of hydrogen-bond acceptors (Lipinski definition) is 6. The molecule has 0 spiro atoms. The van der Waals surface area contributed by atoms with Crippen LogP contribution >= 0.6 is 0 Å². The molecular formula is C30H33FN4O4. The third-order valence-corrected chi connectivity index (χ3v) is 7.22. The molecule has 0 unspecified atom stereocenters. The van der Waals surface area contributed by atoms with Crippen LogP contribution in [0.15, 0.2) is 54.7 Å². The average Bonchev–Trinajstić information content (AvgIpc) is 2.97. The van der Waals surface area contributed by atoms with Crippen LogP contribution in [0.1, 0.15) is 39.3 Å². The average molecular weight is 533 g/mol. The van der Waals surface area contributed by atoms with E-state index in [2.05, 4.69) is 15.6 Å². The number of carbonyl (C=O) groups excluding carboxylic acids is 2. The maximum absolute atomic E-state index is 14.4. The lowest BCUT2D eigenvalue weighted by molar-refractivity contribution is 0.0642. The fourth-order valence-electron chi connectivity index (χ4n) is 4.90. The zero-order chi connectivity index (χ0) is 27.2. The molecule has 2 saturated heterocycles. The number of halogens is 1. The van der Waals surface area contributed by atoms with Crippen molar-refractivity contribution in [2.24, 2.45) is 5.92 Å². The first-order valence-corrected chi connectivity index (χ1v) is 13.3. The number of anilines is 2. The standard InChI is InChI=1S/C30H33FN4O4/c1-20-28(22-2-4-23(5-3-22)29(36)33-18-21-6-10-38-11-7-21)17-26(19-32-20)34-30(37)24-14-25(31)16-27(15-24)35-8-12-39-13-9-35/h2-5,14-17,19,21H,6-13,18H2,1H3,(H,33,36)(H,34,37). The van der Waals surface area contributed by atoms with Gasteiger partial charge in [0.2, 0.25) is 0 Å². The van der Waals surface area contributed by atoms with Gasteiger partial charge in [-0.15, -0.1) is 0 Å². The Morgan fingerprint density at radius 1 is 0.949 bits per heavy atom. The SMILES string of the molecule is Cc1ncc(NC(=O)c2cc(F)cc(N3CCOCC3)c2)cc1-c1ccc(C(=O)NCC2CCOCC2)cc1. The van der Waals surface area contributed by atoms with Gasteiger partial charge < -0.3 is 25.0 Å². The number of nitrogens with zero attached hydrogens (tertiary/aromatic N) is 2. The maximum atomic E-state index is 14.4. The monoisotopic (exact) mass is 532 g/mol. The molecule has 2 aliphatic heterocycles. The van der Waals surface area contributed by atoms with Crippen molar-refractivity contribution in [1.82, 2.24) is 10.3 Å². The van der Waals surface area contributed by atoms with E-state index < -0.39 is 11.7 Å². The van der Waals surface area contributed by atoms with Gasteiger partial charge >= 0.3 is 0 Å². The maximum Gasteiger partial charge on any atom is 0.255 e. The molecule has 3 heterocycles. The second-order valence-electron chi connectivity index (χ2n) is 9.95. The number of nitrogens with one attached hydrogen (secondary N) is 2. The van der Waals surface area contributed by atoms with E-state index in [9.17, 15) is 14.0 Å². The molecule has 204 valence electrons. The highest BCUT2D eigenvalue weighted by Gasteiger charge is 2.18. The van der Waals surface area contributed by atoms with E-state index >= 15 is 0 Å². The van der Waals surface area contributed by atoms with Crippen molar-refractivity contribution in [3.63, 3.8) is 0 Å². The fraction of sp³-hybridized carbons (Fsp3) is 0.367. The molecule has 39 heavy (non-hydrogen) atoms. The van der Waals surface area contributed by atoms with E-state index in [1.807, 2.05) is 30.0 Å². The van der Waals surface area contributed by atoms with E-state index in [4.69, 9.17) is 9.47 Å². The number of pyridine rings is 1. The second-order valence-corrected chi connectivity index (χ2v) is 9.95. The molecule has 2 aromatic carbocycles. The zero-order valence-electron chi connectivity index (χ0n) is 22.0. The van der Waals surface area contributed by atoms with Crippen molar-refractivity contribution in [1.29, 1.82) is 0 Å². The lowest BCUT2D eigenvalue weighted by Crippen LogP contribution is -2.36. The van der Waals surface area contributed by atoms with Crippen LogP contribution in [0, 0.1) is 18.7 Å². The predicted octanol–water partition coefficient (Wildman–Crippen LogP) is 4.44. The second kappa shape index (κ2) is 12.4. The Balaban J connectivity index is 1.26. The van der Waals surface area contributed by atoms with Crippen LogP contribution in [0.25, 0.3) is 11.1 Å². The van der Waals surface area contributed by atoms with E-state index in [-0.39, 0.29) is 11.5 Å². The minimum atomic E-state index is -0.469. The highest BCUT2D eigenvalue weighted by Crippen LogP contribution is 2.27. The highest BCUT2D eigenvalue weighted by atomic mass is 19.1. The lowest BCUT2D eigenvalue weighted by Gasteiger charge is -2.29. The first-order chi connectivity index (χ1) is 19.0. The number of amides is 2. The molecule has 0 atom stereocenters. The third kappa shape index (κ3) is 6.79. The van der Waals surface area contributed by atoms with Crippen LogP contribution in [0.5, 0.6) is 0 Å². The third-order valence-electron chi connectivity index (χ3n) is 7.22. The first kappa shape index (κ1) is 26.8. The zero-order valence-corrected chi connectivity index (χ0v) is 22.0. The minimum absolute atomic E-state index is 0.101. The summed E-state index contributed by atoms with van der Waals surface area (Å²) >= 11 is 0. The van der Waals surface area contributed by atoms with Gasteiger partial charge in [-0.25, -0.2) is 4.39 Å². The Morgan fingerprint density at radius 2 is 1.67 bits per heavy atom. The van der Waals surface area contributed by atoms with Gasteiger partial charge in [0.25, 0.3) is 11.8 Å². The largest absolute Gasteiger partial charge is 0.381 e. The Labute approximate surface area is 227 Å². The quantitative estimate of drug-likeness (QED) is 0.468. The van der Waals surface area contributed by atoms with Crippen LogP contribution in [-0.4, -0.2) is 62.9 Å². The van der Waals surface area contributed by atoms with Crippen molar-refractivity contribution in [2.45, 2.75) is 19.8 Å². The number of ether oxygens (including phenoxy) is 2. The van der Waals surface area contributed by atoms with Gasteiger partial charge in [0.1, 0.15) is 5.82 Å². The molecule has 0 aliphatic carbocycles. The highest BCUT2D eigenvalue weighted by molar-refractivity contribution is 6.05. The summed E-state index contributed by atoms with van der Waals surface area (Å²) in [5.74, 6) is -0.539. The summed E-state index contributed by atoms with van der Waals surface area (Å²) in [5.41, 5.74) is 4.45. The minimum Gasteiger partial charge on any atom is -0.381 e. The van der Waals surface area contributed by atoms with Crippen LogP contribution in [-0.2, 0) is 9.47 Å². The Bertz CT molecular complexity index is 1320. The molecule has 2 fully saturated rings. The van der Waals surface area contributed by atoms with Crippen LogP contribution in [0.4, 0.5) is 15.8 Å². The molecular weight excluding hydrogens is 499 g/mol. The summed E-state index contributed by atoms with van der Waals surface area (Å²) in [6.07, 6.45) is 3.51. The Hall–Kier alpha value is -3.82. The van der Waals surface area contributed by atoms with Gasteiger partial charge in [-0.05, 0) is 67.6 Å². The van der Waals surface area contributed by atoms with Gasteiger partial charge in [0.15, 0.2) is 0 Å². The molecule has 0 saturated carbocycles. The van der Waals surface area contributed by atoms with E-state index in [0.717, 1.165) is 42.9 Å². The van der Waals surface area contributed by atoms with Gasteiger partial charge in [0.05, 0.1) is 25.1 Å². The number of aromatic nitrogens is 1. The summed E-state index contributed by atoms with van der Waals surface area (Å²) in [7, 11) is 0. The number of benzene rings is 2. The van der Waals surface area contributed by atoms with Crippen molar-refractivity contribution in [3.05, 3.63) is 77.4 Å². The van der Waals surface area contributed by atoms with Crippen molar-refractivity contribution in [3.8, 4) is 11.1 Å². The Morgan fingerprint density at radius 3 is 2.41 bits per heavy atom. The molecule has 0 radical (unpaired) electrons. The van der Waals surface area contributed by atoms with Crippen LogP contribution in [0.3, 0.4) is 0 Å². The summed E-state index contributed by atoms with van der Waals surface area (Å²) in [4.78, 5) is 32.1. The van der Waals surface area contributed by atoms with Gasteiger partial charge in [-0.1, -0.05) is 12.1 Å². The topological polar surface area (TPSA) is 92.8 Å². The molecule has 2 amide bonds. The summed E-state index contributed by atoms with van der Waals surface area (Å²) in [5, 5.41) is 5.87. The number of aryl methyl sites for hydroxylation is 1. The van der Waals surface area contributed by atoms with Gasteiger partial charge in [0, 0.05) is 60.9 Å².